The lowest BCUT2D eigenvalue weighted by Crippen LogP contribution is -2.11. The third-order valence-corrected chi connectivity index (χ3v) is 5.25. The zero-order chi connectivity index (χ0) is 13.4. The normalized spacial score (nSPS) is 16.6. The predicted octanol–water partition coefficient (Wildman–Crippen LogP) is 4.28. The van der Waals surface area contributed by atoms with Gasteiger partial charge >= 0.3 is 0 Å². The van der Waals surface area contributed by atoms with Crippen LogP contribution in [0.25, 0.3) is 10.6 Å². The molecule has 1 fully saturated rings. The molecule has 19 heavy (non-hydrogen) atoms. The molecule has 1 unspecified atom stereocenters. The summed E-state index contributed by atoms with van der Waals surface area (Å²) in [5.41, 5.74) is 3.88. The summed E-state index contributed by atoms with van der Waals surface area (Å²) in [6.07, 6.45) is 2.72. The van der Waals surface area contributed by atoms with Crippen molar-refractivity contribution in [2.24, 2.45) is 0 Å². The lowest BCUT2D eigenvalue weighted by molar-refractivity contribution is 0.658. The monoisotopic (exact) mass is 272 g/mol. The third kappa shape index (κ3) is 2.58. The molecule has 3 heteroatoms. The zero-order valence-electron chi connectivity index (χ0n) is 11.7. The number of hydrogen-bond donors (Lipinski definition) is 1. The molecule has 1 aliphatic carbocycles. The Kier molecular flexibility index (Phi) is 3.42. The molecule has 1 saturated carbocycles. The van der Waals surface area contributed by atoms with Crippen molar-refractivity contribution in [3.63, 3.8) is 0 Å². The van der Waals surface area contributed by atoms with Crippen LogP contribution < -0.4 is 5.32 Å². The number of aromatic nitrogens is 1. The Morgan fingerprint density at radius 3 is 2.53 bits per heavy atom. The van der Waals surface area contributed by atoms with Crippen LogP contribution in [0.5, 0.6) is 0 Å². The Morgan fingerprint density at radius 1 is 1.26 bits per heavy atom. The summed E-state index contributed by atoms with van der Waals surface area (Å²) < 4.78 is 0. The van der Waals surface area contributed by atoms with E-state index >= 15 is 0 Å². The number of nitrogens with zero attached hydrogens (tertiary/aromatic N) is 1. The summed E-state index contributed by atoms with van der Waals surface area (Å²) in [4.78, 5) is 6.06. The Bertz CT molecular complexity index is 567. The van der Waals surface area contributed by atoms with Gasteiger partial charge in [-0.3, -0.25) is 0 Å². The van der Waals surface area contributed by atoms with Gasteiger partial charge in [-0.15, -0.1) is 11.3 Å². The van der Waals surface area contributed by atoms with Crippen LogP contribution in [0.15, 0.2) is 24.3 Å². The maximum atomic E-state index is 4.72. The van der Waals surface area contributed by atoms with Crippen LogP contribution in [-0.4, -0.2) is 12.0 Å². The molecule has 1 atom stereocenters. The van der Waals surface area contributed by atoms with Gasteiger partial charge in [0.2, 0.25) is 0 Å². The van der Waals surface area contributed by atoms with Crippen molar-refractivity contribution in [1.82, 2.24) is 10.3 Å². The van der Waals surface area contributed by atoms with Gasteiger partial charge in [0.25, 0.3) is 0 Å². The third-order valence-electron chi connectivity index (χ3n) is 3.87. The second kappa shape index (κ2) is 5.06. The minimum Gasteiger partial charge on any atom is -0.312 e. The Labute approximate surface area is 118 Å². The maximum Gasteiger partial charge on any atom is 0.123 e. The average molecular weight is 272 g/mol. The number of benzene rings is 1. The van der Waals surface area contributed by atoms with E-state index in [9.17, 15) is 0 Å². The average Bonchev–Trinajstić information content (AvgIpc) is 3.21. The Balaban J connectivity index is 1.88. The minimum absolute atomic E-state index is 0.372. The molecular formula is C16H20N2S. The quantitative estimate of drug-likeness (QED) is 0.898. The number of nitrogens with one attached hydrogen (secondary N) is 1. The fourth-order valence-electron chi connectivity index (χ4n) is 2.38. The number of hydrogen-bond acceptors (Lipinski definition) is 3. The van der Waals surface area contributed by atoms with Crippen molar-refractivity contribution in [3.05, 3.63) is 40.4 Å². The fourth-order valence-corrected chi connectivity index (χ4v) is 3.51. The summed E-state index contributed by atoms with van der Waals surface area (Å²) in [6, 6.07) is 9.35. The Morgan fingerprint density at radius 2 is 1.95 bits per heavy atom. The van der Waals surface area contributed by atoms with Gasteiger partial charge < -0.3 is 5.32 Å². The van der Waals surface area contributed by atoms with Crippen molar-refractivity contribution in [1.29, 1.82) is 0 Å². The van der Waals surface area contributed by atoms with Gasteiger partial charge in [0.15, 0.2) is 0 Å². The summed E-state index contributed by atoms with van der Waals surface area (Å²) >= 11 is 1.80. The summed E-state index contributed by atoms with van der Waals surface area (Å²) in [5.74, 6) is 0.826. The molecular weight excluding hydrogens is 252 g/mol. The first-order valence-electron chi connectivity index (χ1n) is 6.94. The molecule has 1 aromatic carbocycles. The van der Waals surface area contributed by atoms with Crippen LogP contribution in [0.2, 0.25) is 0 Å². The second-order valence-electron chi connectivity index (χ2n) is 5.38. The fraction of sp³-hybridized carbons (Fsp3) is 0.438. The highest BCUT2D eigenvalue weighted by molar-refractivity contribution is 7.15. The first kappa shape index (κ1) is 12.8. The number of thiazole rings is 1. The van der Waals surface area contributed by atoms with Crippen LogP contribution in [0.4, 0.5) is 0 Å². The van der Waals surface area contributed by atoms with Crippen molar-refractivity contribution in [2.45, 2.75) is 38.6 Å². The minimum atomic E-state index is 0.372. The van der Waals surface area contributed by atoms with Gasteiger partial charge in [0.1, 0.15) is 5.01 Å². The maximum absolute atomic E-state index is 4.72. The molecule has 0 spiro atoms. The van der Waals surface area contributed by atoms with E-state index in [0.29, 0.717) is 6.04 Å². The van der Waals surface area contributed by atoms with Crippen LogP contribution in [-0.2, 0) is 0 Å². The molecule has 1 aliphatic rings. The zero-order valence-corrected chi connectivity index (χ0v) is 12.6. The number of rotatable bonds is 4. The van der Waals surface area contributed by atoms with Gasteiger partial charge in [-0.05, 0) is 45.2 Å². The molecule has 0 aliphatic heterocycles. The summed E-state index contributed by atoms with van der Waals surface area (Å²) in [6.45, 7) is 4.28. The van der Waals surface area contributed by atoms with E-state index in [1.165, 1.54) is 28.8 Å². The highest BCUT2D eigenvalue weighted by atomic mass is 32.1. The van der Waals surface area contributed by atoms with E-state index in [1.54, 1.807) is 11.3 Å². The standard InChI is InChI=1S/C16H20N2S/c1-10(17-3)15-11(2)18-16(19-15)14-8-6-13(7-9-14)12-4-5-12/h6-10,12,17H,4-5H2,1-3H3. The van der Waals surface area contributed by atoms with E-state index in [1.807, 2.05) is 7.05 Å². The van der Waals surface area contributed by atoms with E-state index in [4.69, 9.17) is 4.98 Å². The van der Waals surface area contributed by atoms with Crippen molar-refractivity contribution in [3.8, 4) is 10.6 Å². The lowest BCUT2D eigenvalue weighted by Gasteiger charge is -2.07. The van der Waals surface area contributed by atoms with E-state index in [-0.39, 0.29) is 0 Å². The highest BCUT2D eigenvalue weighted by Crippen LogP contribution is 2.41. The van der Waals surface area contributed by atoms with E-state index < -0.39 is 0 Å². The van der Waals surface area contributed by atoms with Crippen molar-refractivity contribution >= 4 is 11.3 Å². The molecule has 0 bridgehead atoms. The molecule has 1 aromatic heterocycles. The van der Waals surface area contributed by atoms with Crippen molar-refractivity contribution in [2.75, 3.05) is 7.05 Å². The topological polar surface area (TPSA) is 24.9 Å². The molecule has 1 N–H and O–H groups in total. The van der Waals surface area contributed by atoms with Gasteiger partial charge in [-0.25, -0.2) is 4.98 Å². The molecule has 1 heterocycles. The molecule has 2 nitrogen and oxygen atoms in total. The van der Waals surface area contributed by atoms with Crippen molar-refractivity contribution < 1.29 is 0 Å². The largest absolute Gasteiger partial charge is 0.312 e. The van der Waals surface area contributed by atoms with Crippen LogP contribution in [0.3, 0.4) is 0 Å². The van der Waals surface area contributed by atoms with E-state index in [0.717, 1.165) is 16.6 Å². The second-order valence-corrected chi connectivity index (χ2v) is 6.41. The molecule has 3 rings (SSSR count). The SMILES string of the molecule is CNC(C)c1sc(-c2ccc(C3CC3)cc2)nc1C. The van der Waals surface area contributed by atoms with Crippen LogP contribution >= 0.6 is 11.3 Å². The molecule has 100 valence electrons. The summed E-state index contributed by atoms with van der Waals surface area (Å²) in [5, 5.41) is 4.43. The Hall–Kier alpha value is -1.19. The number of aryl methyl sites for hydroxylation is 1. The van der Waals surface area contributed by atoms with Gasteiger partial charge in [0.05, 0.1) is 5.69 Å². The van der Waals surface area contributed by atoms with Crippen LogP contribution in [0.1, 0.15) is 47.9 Å². The van der Waals surface area contributed by atoms with Crippen LogP contribution in [0, 0.1) is 6.92 Å². The summed E-state index contributed by atoms with van der Waals surface area (Å²) in [7, 11) is 1.99. The first-order chi connectivity index (χ1) is 9.19. The predicted molar refractivity (Wildman–Crippen MR) is 81.7 cm³/mol. The van der Waals surface area contributed by atoms with Gasteiger partial charge in [0, 0.05) is 16.5 Å². The molecule has 0 amide bonds. The van der Waals surface area contributed by atoms with Gasteiger partial charge in [-0.2, -0.15) is 0 Å². The lowest BCUT2D eigenvalue weighted by atomic mass is 10.1. The molecule has 0 saturated heterocycles. The van der Waals surface area contributed by atoms with E-state index in [2.05, 4.69) is 43.4 Å². The molecule has 2 aromatic rings. The van der Waals surface area contributed by atoms with Gasteiger partial charge in [-0.1, -0.05) is 24.3 Å². The highest BCUT2D eigenvalue weighted by Gasteiger charge is 2.23. The first-order valence-corrected chi connectivity index (χ1v) is 7.75. The molecule has 0 radical (unpaired) electrons. The smallest absolute Gasteiger partial charge is 0.123 e.